The number of rotatable bonds is 6. The Bertz CT molecular complexity index is 506. The Kier molecular flexibility index (Phi) is 6.60. The van der Waals surface area contributed by atoms with Crippen LogP contribution in [0, 0.1) is 5.92 Å². The first kappa shape index (κ1) is 18.2. The lowest BCUT2D eigenvalue weighted by atomic mass is 9.97. The van der Waals surface area contributed by atoms with Crippen LogP contribution in [0.2, 0.25) is 0 Å². The molecule has 0 fully saturated rings. The van der Waals surface area contributed by atoms with E-state index in [9.17, 15) is 9.59 Å². The third-order valence-corrected chi connectivity index (χ3v) is 3.56. The number of hydrogen-bond acceptors (Lipinski definition) is 3. The number of benzene rings is 1. The van der Waals surface area contributed by atoms with Gasteiger partial charge < -0.3 is 9.64 Å². The second kappa shape index (κ2) is 7.97. The van der Waals surface area contributed by atoms with Gasteiger partial charge in [0.05, 0.1) is 5.92 Å². The van der Waals surface area contributed by atoms with Crippen LogP contribution in [0.4, 0.5) is 0 Å². The van der Waals surface area contributed by atoms with Crippen molar-refractivity contribution in [3.63, 3.8) is 0 Å². The lowest BCUT2D eigenvalue weighted by molar-refractivity contribution is -0.158. The average Bonchev–Trinajstić information content (AvgIpc) is 2.45. The van der Waals surface area contributed by atoms with Gasteiger partial charge in [0.1, 0.15) is 0 Å². The second-order valence-electron chi connectivity index (χ2n) is 6.37. The van der Waals surface area contributed by atoms with Gasteiger partial charge in [-0.3, -0.25) is 9.59 Å². The molecule has 0 heterocycles. The maximum absolute atomic E-state index is 12.2. The highest BCUT2D eigenvalue weighted by Crippen LogP contribution is 2.19. The molecule has 0 saturated carbocycles. The summed E-state index contributed by atoms with van der Waals surface area (Å²) in [6.07, 6.45) is 0.262. The van der Waals surface area contributed by atoms with Crippen molar-refractivity contribution in [1.29, 1.82) is 0 Å². The molecule has 0 spiro atoms. The van der Waals surface area contributed by atoms with Crippen molar-refractivity contribution < 1.29 is 14.3 Å². The van der Waals surface area contributed by atoms with Gasteiger partial charge in [-0.05, 0) is 37.3 Å². The second-order valence-corrected chi connectivity index (χ2v) is 6.37. The van der Waals surface area contributed by atoms with Gasteiger partial charge in [-0.2, -0.15) is 0 Å². The highest BCUT2D eigenvalue weighted by Gasteiger charge is 2.23. The third kappa shape index (κ3) is 5.17. The van der Waals surface area contributed by atoms with Crippen molar-refractivity contribution >= 4 is 11.9 Å². The Labute approximate surface area is 133 Å². The van der Waals surface area contributed by atoms with Gasteiger partial charge in [-0.15, -0.1) is 0 Å². The molecule has 4 nitrogen and oxygen atoms in total. The van der Waals surface area contributed by atoms with Crippen molar-refractivity contribution in [3.8, 4) is 0 Å². The monoisotopic (exact) mass is 305 g/mol. The summed E-state index contributed by atoms with van der Waals surface area (Å²) in [4.78, 5) is 25.3. The Morgan fingerprint density at radius 3 is 2.05 bits per heavy atom. The van der Waals surface area contributed by atoms with Crippen molar-refractivity contribution in [1.82, 2.24) is 4.90 Å². The molecule has 2 atom stereocenters. The van der Waals surface area contributed by atoms with E-state index in [-0.39, 0.29) is 17.8 Å². The van der Waals surface area contributed by atoms with Gasteiger partial charge in [0.15, 0.2) is 6.10 Å². The average molecular weight is 305 g/mol. The fourth-order valence-electron chi connectivity index (χ4n) is 2.24. The molecule has 122 valence electrons. The molecular formula is C18H27NO3. The van der Waals surface area contributed by atoms with E-state index in [1.807, 2.05) is 24.3 Å². The Balaban J connectivity index is 2.68. The van der Waals surface area contributed by atoms with Crippen molar-refractivity contribution in [2.75, 3.05) is 14.1 Å². The lowest BCUT2D eigenvalue weighted by Crippen LogP contribution is -2.35. The molecule has 0 aliphatic carbocycles. The zero-order valence-corrected chi connectivity index (χ0v) is 14.4. The molecule has 0 aromatic heterocycles. The minimum Gasteiger partial charge on any atom is -0.452 e. The van der Waals surface area contributed by atoms with Crippen LogP contribution in [-0.4, -0.2) is 37.0 Å². The maximum Gasteiger partial charge on any atom is 0.313 e. The SMILES string of the molecule is CC(C)Cc1ccc([C@H](C)C(=O)O[C@@H](C)C(=O)N(C)C)cc1. The summed E-state index contributed by atoms with van der Waals surface area (Å²) < 4.78 is 5.25. The molecule has 4 heteroatoms. The highest BCUT2D eigenvalue weighted by molar-refractivity contribution is 5.85. The summed E-state index contributed by atoms with van der Waals surface area (Å²) in [6.45, 7) is 7.75. The standard InChI is InChI=1S/C18H27NO3/c1-12(2)11-15-7-9-16(10-8-15)13(3)18(21)22-14(4)17(20)19(5)6/h7-10,12-14H,11H2,1-6H3/t13-,14-/m0/s1. The fourth-order valence-corrected chi connectivity index (χ4v) is 2.24. The molecule has 1 aromatic carbocycles. The summed E-state index contributed by atoms with van der Waals surface area (Å²) in [7, 11) is 3.28. The molecule has 0 radical (unpaired) electrons. The molecule has 1 aromatic rings. The molecule has 1 rings (SSSR count). The molecule has 22 heavy (non-hydrogen) atoms. The van der Waals surface area contributed by atoms with Gasteiger partial charge in [0.25, 0.3) is 5.91 Å². The van der Waals surface area contributed by atoms with E-state index in [0.717, 1.165) is 12.0 Å². The van der Waals surface area contributed by atoms with Gasteiger partial charge in [-0.1, -0.05) is 38.1 Å². The highest BCUT2D eigenvalue weighted by atomic mass is 16.5. The van der Waals surface area contributed by atoms with Crippen LogP contribution in [0.25, 0.3) is 0 Å². The predicted molar refractivity (Wildman–Crippen MR) is 87.6 cm³/mol. The van der Waals surface area contributed by atoms with Crippen LogP contribution in [-0.2, 0) is 20.7 Å². The molecule has 0 saturated heterocycles. The van der Waals surface area contributed by atoms with E-state index in [4.69, 9.17) is 4.74 Å². The summed E-state index contributed by atoms with van der Waals surface area (Å²) in [5.41, 5.74) is 2.16. The van der Waals surface area contributed by atoms with Crippen LogP contribution >= 0.6 is 0 Å². The van der Waals surface area contributed by atoms with Gasteiger partial charge in [-0.25, -0.2) is 0 Å². The topological polar surface area (TPSA) is 46.6 Å². The minimum atomic E-state index is -0.759. The Morgan fingerprint density at radius 2 is 1.59 bits per heavy atom. The molecule has 0 bridgehead atoms. The van der Waals surface area contributed by atoms with E-state index in [2.05, 4.69) is 13.8 Å². The number of hydrogen-bond donors (Lipinski definition) is 0. The number of amides is 1. The normalized spacial score (nSPS) is 13.6. The maximum atomic E-state index is 12.2. The van der Waals surface area contributed by atoms with Crippen molar-refractivity contribution in [3.05, 3.63) is 35.4 Å². The fraction of sp³-hybridized carbons (Fsp3) is 0.556. The van der Waals surface area contributed by atoms with E-state index in [0.29, 0.717) is 5.92 Å². The van der Waals surface area contributed by atoms with Gasteiger partial charge in [0, 0.05) is 14.1 Å². The number of likely N-dealkylation sites (N-methyl/N-ethyl adjacent to an activating group) is 1. The molecule has 0 aliphatic heterocycles. The lowest BCUT2D eigenvalue weighted by Gasteiger charge is -2.19. The molecule has 1 amide bonds. The van der Waals surface area contributed by atoms with Crippen LogP contribution in [0.3, 0.4) is 0 Å². The summed E-state index contributed by atoms with van der Waals surface area (Å²) >= 11 is 0. The summed E-state index contributed by atoms with van der Waals surface area (Å²) in [5.74, 6) is -0.371. The molecule has 0 unspecified atom stereocenters. The first-order chi connectivity index (χ1) is 10.2. The third-order valence-electron chi connectivity index (χ3n) is 3.56. The number of nitrogens with zero attached hydrogens (tertiary/aromatic N) is 1. The van der Waals surface area contributed by atoms with Crippen molar-refractivity contribution in [2.45, 2.75) is 46.1 Å². The molecule has 0 N–H and O–H groups in total. The minimum absolute atomic E-state index is 0.215. The number of carbonyl (C=O) groups is 2. The molecular weight excluding hydrogens is 278 g/mol. The molecule has 0 aliphatic rings. The van der Waals surface area contributed by atoms with Crippen LogP contribution in [0.15, 0.2) is 24.3 Å². The first-order valence-corrected chi connectivity index (χ1v) is 7.72. The van der Waals surface area contributed by atoms with Gasteiger partial charge >= 0.3 is 5.97 Å². The van der Waals surface area contributed by atoms with Crippen LogP contribution < -0.4 is 0 Å². The smallest absolute Gasteiger partial charge is 0.313 e. The summed E-state index contributed by atoms with van der Waals surface area (Å²) in [6, 6.07) is 8.02. The quantitative estimate of drug-likeness (QED) is 0.759. The van der Waals surface area contributed by atoms with E-state index in [1.165, 1.54) is 10.5 Å². The number of esters is 1. The van der Waals surface area contributed by atoms with Crippen LogP contribution in [0.1, 0.15) is 44.7 Å². The van der Waals surface area contributed by atoms with Crippen molar-refractivity contribution in [2.24, 2.45) is 5.92 Å². The largest absolute Gasteiger partial charge is 0.452 e. The Hall–Kier alpha value is -1.84. The first-order valence-electron chi connectivity index (χ1n) is 7.72. The van der Waals surface area contributed by atoms with E-state index in [1.54, 1.807) is 27.9 Å². The van der Waals surface area contributed by atoms with Crippen LogP contribution in [0.5, 0.6) is 0 Å². The van der Waals surface area contributed by atoms with E-state index >= 15 is 0 Å². The zero-order chi connectivity index (χ0) is 16.9. The Morgan fingerprint density at radius 1 is 1.05 bits per heavy atom. The zero-order valence-electron chi connectivity index (χ0n) is 14.4. The van der Waals surface area contributed by atoms with Gasteiger partial charge in [0.2, 0.25) is 0 Å². The predicted octanol–water partition coefficient (Wildman–Crippen LogP) is 3.01. The summed E-state index contributed by atoms with van der Waals surface area (Å²) in [5, 5.41) is 0. The van der Waals surface area contributed by atoms with E-state index < -0.39 is 6.10 Å². The number of ether oxygens (including phenoxy) is 1. The number of carbonyl (C=O) groups excluding carboxylic acids is 2.